The van der Waals surface area contributed by atoms with Crippen LogP contribution in [0.15, 0.2) is 18.3 Å². The molecule has 0 radical (unpaired) electrons. The first-order valence-electron chi connectivity index (χ1n) is 7.46. The van der Waals surface area contributed by atoms with E-state index in [1.54, 1.807) is 12.3 Å². The molecule has 5 nitrogen and oxygen atoms in total. The first-order valence-corrected chi connectivity index (χ1v) is 7.46. The lowest BCUT2D eigenvalue weighted by Gasteiger charge is -2.32. The van der Waals surface area contributed by atoms with Crippen LogP contribution in [0.25, 0.3) is 0 Å². The van der Waals surface area contributed by atoms with Gasteiger partial charge in [0.15, 0.2) is 0 Å². The Kier molecular flexibility index (Phi) is 5.35. The molecule has 1 aliphatic heterocycles. The predicted molar refractivity (Wildman–Crippen MR) is 81.0 cm³/mol. The van der Waals surface area contributed by atoms with Crippen molar-refractivity contribution < 1.29 is 4.79 Å². The lowest BCUT2D eigenvalue weighted by Crippen LogP contribution is -2.47. The molecule has 2 heterocycles. The molecule has 1 aliphatic rings. The van der Waals surface area contributed by atoms with Crippen molar-refractivity contribution in [3.05, 3.63) is 24.0 Å². The van der Waals surface area contributed by atoms with Crippen molar-refractivity contribution in [2.45, 2.75) is 32.7 Å². The summed E-state index contributed by atoms with van der Waals surface area (Å²) < 4.78 is 0. The van der Waals surface area contributed by atoms with Gasteiger partial charge in [0, 0.05) is 19.1 Å². The molecule has 1 aromatic heterocycles. The van der Waals surface area contributed by atoms with E-state index in [1.165, 1.54) is 0 Å². The number of anilines is 1. The van der Waals surface area contributed by atoms with Crippen LogP contribution in [0.5, 0.6) is 0 Å². The number of likely N-dealkylation sites (N-methyl/N-ethyl adjacent to an activating group) is 1. The Hall–Kier alpha value is -1.62. The van der Waals surface area contributed by atoms with E-state index in [0.29, 0.717) is 5.69 Å². The average Bonchev–Trinajstić information content (AvgIpc) is 2.48. The average molecular weight is 276 g/mol. The largest absolute Gasteiger partial charge is 0.384 e. The van der Waals surface area contributed by atoms with Gasteiger partial charge in [0.2, 0.25) is 0 Å². The topological polar surface area (TPSA) is 57.3 Å². The number of carbonyl (C=O) groups is 1. The van der Waals surface area contributed by atoms with E-state index in [2.05, 4.69) is 27.4 Å². The predicted octanol–water partition coefficient (Wildman–Crippen LogP) is 1.73. The zero-order valence-corrected chi connectivity index (χ0v) is 12.4. The number of rotatable bonds is 5. The third-order valence-electron chi connectivity index (χ3n) is 3.66. The van der Waals surface area contributed by atoms with Crippen molar-refractivity contribution in [2.75, 3.05) is 31.5 Å². The fourth-order valence-corrected chi connectivity index (χ4v) is 2.56. The van der Waals surface area contributed by atoms with Gasteiger partial charge in [0.05, 0.1) is 11.9 Å². The van der Waals surface area contributed by atoms with Crippen LogP contribution in [0.1, 0.15) is 37.2 Å². The summed E-state index contributed by atoms with van der Waals surface area (Å²) in [6, 6.07) is 3.91. The van der Waals surface area contributed by atoms with Gasteiger partial charge in [0.25, 0.3) is 5.91 Å². The monoisotopic (exact) mass is 276 g/mol. The van der Waals surface area contributed by atoms with Crippen molar-refractivity contribution in [1.82, 2.24) is 15.2 Å². The number of likely N-dealkylation sites (tertiary alicyclic amines) is 1. The van der Waals surface area contributed by atoms with Crippen LogP contribution < -0.4 is 10.6 Å². The summed E-state index contributed by atoms with van der Waals surface area (Å²) in [5.74, 6) is -0.0731. The summed E-state index contributed by atoms with van der Waals surface area (Å²) in [4.78, 5) is 18.7. The normalized spacial score (nSPS) is 19.6. The SMILES string of the molecule is CCNc1ccc(C(=O)NC2CCCN(CC)C2)nc1. The van der Waals surface area contributed by atoms with Crippen LogP contribution in [-0.2, 0) is 0 Å². The number of piperidine rings is 1. The number of aromatic nitrogens is 1. The minimum absolute atomic E-state index is 0.0731. The van der Waals surface area contributed by atoms with Crippen LogP contribution in [-0.4, -0.2) is 48.0 Å². The molecule has 5 heteroatoms. The minimum atomic E-state index is -0.0731. The summed E-state index contributed by atoms with van der Waals surface area (Å²) in [5.41, 5.74) is 1.43. The Morgan fingerprint density at radius 3 is 2.95 bits per heavy atom. The molecule has 20 heavy (non-hydrogen) atoms. The number of nitrogens with zero attached hydrogens (tertiary/aromatic N) is 2. The maximum absolute atomic E-state index is 12.2. The lowest BCUT2D eigenvalue weighted by molar-refractivity contribution is 0.0901. The maximum Gasteiger partial charge on any atom is 0.270 e. The highest BCUT2D eigenvalue weighted by atomic mass is 16.1. The zero-order chi connectivity index (χ0) is 14.4. The number of nitrogens with one attached hydrogen (secondary N) is 2. The van der Waals surface area contributed by atoms with Gasteiger partial charge in [0.1, 0.15) is 5.69 Å². The van der Waals surface area contributed by atoms with Crippen molar-refractivity contribution in [3.8, 4) is 0 Å². The summed E-state index contributed by atoms with van der Waals surface area (Å²) in [6.45, 7) is 8.16. The van der Waals surface area contributed by atoms with Crippen molar-refractivity contribution >= 4 is 11.6 Å². The first kappa shape index (κ1) is 14.8. The van der Waals surface area contributed by atoms with Crippen LogP contribution >= 0.6 is 0 Å². The third kappa shape index (κ3) is 3.93. The maximum atomic E-state index is 12.2. The molecule has 0 bridgehead atoms. The van der Waals surface area contributed by atoms with Crippen LogP contribution in [0.2, 0.25) is 0 Å². The zero-order valence-electron chi connectivity index (χ0n) is 12.4. The van der Waals surface area contributed by atoms with Gasteiger partial charge >= 0.3 is 0 Å². The second kappa shape index (κ2) is 7.24. The molecule has 2 rings (SSSR count). The van der Waals surface area contributed by atoms with E-state index < -0.39 is 0 Å². The van der Waals surface area contributed by atoms with Crippen molar-refractivity contribution in [2.24, 2.45) is 0 Å². The molecule has 1 fully saturated rings. The highest BCUT2D eigenvalue weighted by molar-refractivity contribution is 5.92. The highest BCUT2D eigenvalue weighted by Crippen LogP contribution is 2.11. The number of pyridine rings is 1. The van der Waals surface area contributed by atoms with E-state index in [0.717, 1.165) is 44.7 Å². The number of hydrogen-bond donors (Lipinski definition) is 2. The molecule has 1 unspecified atom stereocenters. The Balaban J connectivity index is 1.90. The van der Waals surface area contributed by atoms with Gasteiger partial charge in [-0.25, -0.2) is 4.98 Å². The summed E-state index contributed by atoms with van der Waals surface area (Å²) in [5, 5.41) is 6.25. The Labute approximate surface area is 120 Å². The quantitative estimate of drug-likeness (QED) is 0.860. The van der Waals surface area contributed by atoms with Gasteiger partial charge in [-0.2, -0.15) is 0 Å². The third-order valence-corrected chi connectivity index (χ3v) is 3.66. The second-order valence-corrected chi connectivity index (χ2v) is 5.17. The number of carbonyl (C=O) groups excluding carboxylic acids is 1. The van der Waals surface area contributed by atoms with Crippen molar-refractivity contribution in [1.29, 1.82) is 0 Å². The van der Waals surface area contributed by atoms with E-state index in [-0.39, 0.29) is 11.9 Å². The van der Waals surface area contributed by atoms with Crippen LogP contribution in [0.3, 0.4) is 0 Å². The lowest BCUT2D eigenvalue weighted by atomic mass is 10.1. The van der Waals surface area contributed by atoms with E-state index in [1.807, 2.05) is 13.0 Å². The minimum Gasteiger partial charge on any atom is -0.384 e. The Bertz CT molecular complexity index is 432. The molecule has 1 amide bonds. The molecule has 1 saturated heterocycles. The Morgan fingerprint density at radius 2 is 2.30 bits per heavy atom. The van der Waals surface area contributed by atoms with Crippen LogP contribution in [0.4, 0.5) is 5.69 Å². The van der Waals surface area contributed by atoms with Gasteiger partial charge in [-0.05, 0) is 45.0 Å². The van der Waals surface area contributed by atoms with Gasteiger partial charge in [-0.1, -0.05) is 6.92 Å². The number of hydrogen-bond acceptors (Lipinski definition) is 4. The van der Waals surface area contributed by atoms with Gasteiger partial charge < -0.3 is 15.5 Å². The molecule has 1 atom stereocenters. The van der Waals surface area contributed by atoms with E-state index in [9.17, 15) is 4.79 Å². The molecule has 0 aromatic carbocycles. The first-order chi connectivity index (χ1) is 9.72. The molecular formula is C15H24N4O. The molecule has 1 aromatic rings. The smallest absolute Gasteiger partial charge is 0.270 e. The Morgan fingerprint density at radius 1 is 1.45 bits per heavy atom. The van der Waals surface area contributed by atoms with Gasteiger partial charge in [-0.15, -0.1) is 0 Å². The molecule has 0 spiro atoms. The fourth-order valence-electron chi connectivity index (χ4n) is 2.56. The standard InChI is InChI=1S/C15H24N4O/c1-3-16-12-7-8-14(17-10-12)15(20)18-13-6-5-9-19(4-2)11-13/h7-8,10,13,16H,3-6,9,11H2,1-2H3,(H,18,20). The van der Waals surface area contributed by atoms with Crippen molar-refractivity contribution in [3.63, 3.8) is 0 Å². The van der Waals surface area contributed by atoms with E-state index in [4.69, 9.17) is 0 Å². The molecule has 2 N–H and O–H groups in total. The summed E-state index contributed by atoms with van der Waals surface area (Å²) in [6.07, 6.45) is 3.90. The molecule has 0 aliphatic carbocycles. The fraction of sp³-hybridized carbons (Fsp3) is 0.600. The van der Waals surface area contributed by atoms with Gasteiger partial charge in [-0.3, -0.25) is 4.79 Å². The van der Waals surface area contributed by atoms with E-state index >= 15 is 0 Å². The molecule has 0 saturated carbocycles. The molecular weight excluding hydrogens is 252 g/mol. The second-order valence-electron chi connectivity index (χ2n) is 5.17. The highest BCUT2D eigenvalue weighted by Gasteiger charge is 2.21. The molecule has 110 valence electrons. The van der Waals surface area contributed by atoms with Crippen LogP contribution in [0, 0.1) is 0 Å². The summed E-state index contributed by atoms with van der Waals surface area (Å²) >= 11 is 0. The number of amides is 1. The summed E-state index contributed by atoms with van der Waals surface area (Å²) in [7, 11) is 0.